The van der Waals surface area contributed by atoms with Gasteiger partial charge in [-0.15, -0.1) is 0 Å². The third-order valence-electron chi connectivity index (χ3n) is 1.98. The Kier molecular flexibility index (Phi) is 12.7. The molecule has 0 aromatic rings. The molecule has 5 radical (unpaired) electrons. The Hall–Kier alpha value is 0.964. The van der Waals surface area contributed by atoms with E-state index in [1.165, 1.54) is 0 Å². The van der Waals surface area contributed by atoms with Gasteiger partial charge in [0.1, 0.15) is 0 Å². The Morgan fingerprint density at radius 3 is 1.00 bits per heavy atom. The molecule has 1 nitrogen and oxygen atoms in total. The van der Waals surface area contributed by atoms with Gasteiger partial charge < -0.3 is 5.41 Å². The van der Waals surface area contributed by atoms with Crippen LogP contribution >= 0.6 is 18.6 Å². The van der Waals surface area contributed by atoms with E-state index in [2.05, 4.69) is 0 Å². The fourth-order valence-electron chi connectivity index (χ4n) is 1.45. The first kappa shape index (κ1) is 21.3. The summed E-state index contributed by atoms with van der Waals surface area (Å²) in [7, 11) is 9.78. The van der Waals surface area contributed by atoms with E-state index in [0.717, 1.165) is 0 Å². The molecule has 1 saturated carbocycles. The van der Waals surface area contributed by atoms with Crippen molar-refractivity contribution in [3.05, 3.63) is 37.5 Å². The first-order valence-corrected chi connectivity index (χ1v) is 10.1. The van der Waals surface area contributed by atoms with Crippen molar-refractivity contribution in [3.8, 4) is 0 Å². The average Bonchev–Trinajstić information content (AvgIpc) is 2.72. The van der Waals surface area contributed by atoms with Gasteiger partial charge in [0, 0.05) is 0 Å². The number of hydrogen-bond acceptors (Lipinski definition) is 0. The van der Waals surface area contributed by atoms with Gasteiger partial charge in [0.2, 0.25) is 0 Å². The van der Waals surface area contributed by atoms with E-state index >= 15 is 0 Å². The second-order valence-electron chi connectivity index (χ2n) is 5.88. The summed E-state index contributed by atoms with van der Waals surface area (Å²) < 4.78 is 0. The minimum absolute atomic E-state index is 0.0851. The van der Waals surface area contributed by atoms with Crippen LogP contribution in [0.25, 0.3) is 5.41 Å². The van der Waals surface area contributed by atoms with Crippen molar-refractivity contribution < 1.29 is 17.0 Å². The summed E-state index contributed by atoms with van der Waals surface area (Å²) in [5, 5.41) is 9.64. The molecule has 0 bridgehead atoms. The van der Waals surface area contributed by atoms with Crippen LogP contribution in [0.3, 0.4) is 0 Å². The van der Waals surface area contributed by atoms with Gasteiger partial charge >= 0.3 is 35.6 Å². The van der Waals surface area contributed by atoms with Gasteiger partial charge in [-0.1, -0.05) is 41.5 Å². The average molecular weight is 324 g/mol. The van der Waals surface area contributed by atoms with E-state index < -0.39 is 17.0 Å². The van der Waals surface area contributed by atoms with Gasteiger partial charge in [-0.25, -0.2) is 0 Å². The summed E-state index contributed by atoms with van der Waals surface area (Å²) in [6, 6.07) is 0. The van der Waals surface area contributed by atoms with Crippen molar-refractivity contribution in [1.82, 2.24) is 0 Å². The predicted octanol–water partition coefficient (Wildman–Crippen LogP) is 5.49. The van der Waals surface area contributed by atoms with Crippen LogP contribution in [0.4, 0.5) is 0 Å². The molecule has 0 amide bonds. The Morgan fingerprint density at radius 1 is 0.778 bits per heavy atom. The van der Waals surface area contributed by atoms with Crippen molar-refractivity contribution in [2.75, 3.05) is 0 Å². The molecular weight excluding hydrogens is 301 g/mol. The molecule has 0 atom stereocenters. The zero-order chi connectivity index (χ0) is 14.8. The maximum absolute atomic E-state index is 9.64. The standard InChI is InChI=1S/C9H18N.C5H5.2ClH.Ti/c1-8(2,3)7(10)9(4,5)6;1-2-4-5-3-1;;;/h1-6H3;1-5H;2*1H;/q-1;;;;+2/p-2. The number of hydrogen-bond donors (Lipinski definition) is 0. The zero-order valence-corrected chi connectivity index (χ0v) is 15.2. The molecule has 0 N–H and O–H groups in total. The van der Waals surface area contributed by atoms with Crippen LogP contribution < -0.4 is 0 Å². The van der Waals surface area contributed by atoms with Gasteiger partial charge in [-0.2, -0.15) is 5.71 Å². The molecule has 1 aliphatic carbocycles. The fraction of sp³-hybridized carbons (Fsp3) is 0.571. The molecule has 1 rings (SSSR count). The van der Waals surface area contributed by atoms with Crippen LogP contribution in [-0.2, 0) is 17.0 Å². The van der Waals surface area contributed by atoms with E-state index in [9.17, 15) is 5.41 Å². The molecule has 0 heterocycles. The zero-order valence-electron chi connectivity index (χ0n) is 12.1. The molecule has 4 heteroatoms. The Labute approximate surface area is 131 Å². The van der Waals surface area contributed by atoms with Gasteiger partial charge in [0.25, 0.3) is 0 Å². The number of nitrogens with zero attached hydrogens (tertiary/aromatic N) is 1. The van der Waals surface area contributed by atoms with E-state index in [-0.39, 0.29) is 10.8 Å². The van der Waals surface area contributed by atoms with Crippen LogP contribution in [0.5, 0.6) is 0 Å². The van der Waals surface area contributed by atoms with Crippen LogP contribution in [-0.4, -0.2) is 5.71 Å². The normalized spacial score (nSPS) is 14.9. The molecule has 18 heavy (non-hydrogen) atoms. The molecular formula is C14H23Cl2NTi-. The predicted molar refractivity (Wildman–Crippen MR) is 80.5 cm³/mol. The molecule has 0 saturated heterocycles. The van der Waals surface area contributed by atoms with Crippen molar-refractivity contribution in [1.29, 1.82) is 0 Å². The quantitative estimate of drug-likeness (QED) is 0.415. The molecule has 1 aliphatic rings. The van der Waals surface area contributed by atoms with Gasteiger partial charge in [0.05, 0.1) is 0 Å². The second-order valence-corrected chi connectivity index (χ2v) is 8.46. The molecule has 0 unspecified atom stereocenters. The molecule has 0 aromatic heterocycles. The number of halogens is 2. The minimum atomic E-state index is -0.556. The van der Waals surface area contributed by atoms with Gasteiger partial charge in [0.15, 0.2) is 0 Å². The molecule has 0 aromatic carbocycles. The molecule has 0 aliphatic heterocycles. The Bertz CT molecular complexity index is 189. The summed E-state index contributed by atoms with van der Waals surface area (Å²) in [5.41, 5.74) is 0.399. The Morgan fingerprint density at radius 2 is 0.944 bits per heavy atom. The van der Waals surface area contributed by atoms with E-state index in [1.54, 1.807) is 0 Å². The van der Waals surface area contributed by atoms with Crippen LogP contribution in [0.2, 0.25) is 0 Å². The van der Waals surface area contributed by atoms with Gasteiger partial charge in [-0.05, 0) is 42.9 Å². The summed E-state index contributed by atoms with van der Waals surface area (Å²) >= 11 is -0.556. The van der Waals surface area contributed by atoms with E-state index in [4.69, 9.17) is 18.6 Å². The monoisotopic (exact) mass is 323 g/mol. The fourth-order valence-corrected chi connectivity index (χ4v) is 1.45. The SMILES string of the molecule is CC(C)(C)C(=[N-])C(C)(C)C.[CH]1[CH][CH][CH][CH]1.[Cl][Ti][Cl]. The Balaban J connectivity index is 0. The second kappa shape index (κ2) is 10.7. The maximum atomic E-state index is 9.64. The van der Waals surface area contributed by atoms with Crippen LogP contribution in [0, 0.1) is 42.9 Å². The summed E-state index contributed by atoms with van der Waals surface area (Å²) in [5.74, 6) is 0. The van der Waals surface area contributed by atoms with Crippen molar-refractivity contribution in [2.45, 2.75) is 41.5 Å². The molecule has 1 fully saturated rings. The molecule has 0 spiro atoms. The summed E-state index contributed by atoms with van der Waals surface area (Å²) in [6.45, 7) is 12.1. The molecule has 103 valence electrons. The van der Waals surface area contributed by atoms with E-state index in [0.29, 0.717) is 5.71 Å². The number of rotatable bonds is 0. The summed E-state index contributed by atoms with van der Waals surface area (Å²) in [6.07, 6.45) is 10.0. The van der Waals surface area contributed by atoms with Crippen LogP contribution in [0.15, 0.2) is 0 Å². The third-order valence-corrected chi connectivity index (χ3v) is 1.98. The summed E-state index contributed by atoms with van der Waals surface area (Å²) in [4.78, 5) is 0. The van der Waals surface area contributed by atoms with Crippen molar-refractivity contribution in [2.24, 2.45) is 10.8 Å². The van der Waals surface area contributed by atoms with Crippen molar-refractivity contribution in [3.63, 3.8) is 0 Å². The van der Waals surface area contributed by atoms with Crippen LogP contribution in [0.1, 0.15) is 41.5 Å². The van der Waals surface area contributed by atoms with Crippen molar-refractivity contribution >= 4 is 24.3 Å². The first-order valence-electron chi connectivity index (χ1n) is 5.77. The first-order chi connectivity index (χ1) is 8.07. The van der Waals surface area contributed by atoms with E-state index in [1.807, 2.05) is 73.6 Å². The van der Waals surface area contributed by atoms with Gasteiger partial charge in [-0.3, -0.25) is 0 Å². The third kappa shape index (κ3) is 13.4. The topological polar surface area (TPSA) is 22.3 Å².